The Bertz CT molecular complexity index is 579. The van der Waals surface area contributed by atoms with Gasteiger partial charge in [0.05, 0.1) is 0 Å². The van der Waals surface area contributed by atoms with Crippen LogP contribution >= 0.6 is 23.4 Å². The molecular weight excluding hydrogens is 280 g/mol. The second-order valence-electron chi connectivity index (χ2n) is 3.96. The van der Waals surface area contributed by atoms with Gasteiger partial charge in [-0.2, -0.15) is 0 Å². The number of anilines is 2. The largest absolute Gasteiger partial charge is 0.399 e. The second kappa shape index (κ2) is 5.99. The van der Waals surface area contributed by atoms with Crippen molar-refractivity contribution < 1.29 is 4.79 Å². The number of hydrogen-bond donors (Lipinski definition) is 2. The van der Waals surface area contributed by atoms with Crippen LogP contribution in [0.5, 0.6) is 0 Å². The molecule has 0 saturated heterocycles. The Hall–Kier alpha value is -1.65. The van der Waals surface area contributed by atoms with Crippen molar-refractivity contribution in [2.75, 3.05) is 17.3 Å². The normalized spacial score (nSPS) is 10.2. The van der Waals surface area contributed by atoms with Crippen molar-refractivity contribution >= 4 is 40.6 Å². The number of halogens is 1. The van der Waals surface area contributed by atoms with Crippen molar-refractivity contribution in [2.45, 2.75) is 4.90 Å². The Morgan fingerprint density at radius 1 is 1.21 bits per heavy atom. The lowest BCUT2D eigenvalue weighted by atomic mass is 10.2. The number of nitrogens with one attached hydrogen (secondary N) is 1. The first-order chi connectivity index (χ1) is 9.08. The summed E-state index contributed by atoms with van der Waals surface area (Å²) in [4.78, 5) is 13.2. The molecule has 1 amide bonds. The van der Waals surface area contributed by atoms with E-state index in [9.17, 15) is 4.79 Å². The first-order valence-electron chi connectivity index (χ1n) is 5.60. The number of nitrogens with two attached hydrogens (primary N) is 1. The number of carbonyl (C=O) groups is 1. The fraction of sp³-hybridized carbons (Fsp3) is 0.0714. The van der Waals surface area contributed by atoms with E-state index in [2.05, 4.69) is 5.32 Å². The molecule has 5 heteroatoms. The van der Waals surface area contributed by atoms with Crippen LogP contribution in [0.2, 0.25) is 5.02 Å². The number of benzene rings is 2. The third-order valence-electron chi connectivity index (χ3n) is 2.53. The third kappa shape index (κ3) is 3.66. The molecule has 0 aromatic heterocycles. The van der Waals surface area contributed by atoms with Crippen LogP contribution < -0.4 is 11.1 Å². The molecule has 0 radical (unpaired) electrons. The number of rotatable bonds is 3. The van der Waals surface area contributed by atoms with Gasteiger partial charge in [-0.05, 0) is 48.7 Å². The van der Waals surface area contributed by atoms with E-state index >= 15 is 0 Å². The van der Waals surface area contributed by atoms with Crippen molar-refractivity contribution in [2.24, 2.45) is 0 Å². The molecule has 0 spiro atoms. The molecule has 0 aliphatic rings. The van der Waals surface area contributed by atoms with Crippen LogP contribution in [0.3, 0.4) is 0 Å². The lowest BCUT2D eigenvalue weighted by Gasteiger charge is -2.07. The highest BCUT2D eigenvalue weighted by Gasteiger charge is 2.08. The maximum absolute atomic E-state index is 12.0. The van der Waals surface area contributed by atoms with Gasteiger partial charge in [0.15, 0.2) is 0 Å². The summed E-state index contributed by atoms with van der Waals surface area (Å²) >= 11 is 7.52. The average molecular weight is 293 g/mol. The van der Waals surface area contributed by atoms with Gasteiger partial charge in [-0.15, -0.1) is 11.8 Å². The summed E-state index contributed by atoms with van der Waals surface area (Å²) in [6.07, 6.45) is 2.00. The lowest BCUT2D eigenvalue weighted by molar-refractivity contribution is 0.102. The molecular formula is C14H13ClN2OS. The molecule has 0 fully saturated rings. The van der Waals surface area contributed by atoms with E-state index in [4.69, 9.17) is 17.3 Å². The summed E-state index contributed by atoms with van der Waals surface area (Å²) in [6, 6.07) is 12.4. The molecule has 0 aliphatic carbocycles. The van der Waals surface area contributed by atoms with Crippen LogP contribution in [0.15, 0.2) is 47.4 Å². The van der Waals surface area contributed by atoms with Gasteiger partial charge in [-0.3, -0.25) is 4.79 Å². The molecule has 3 N–H and O–H groups in total. The molecule has 0 atom stereocenters. The van der Waals surface area contributed by atoms with E-state index in [0.717, 1.165) is 10.6 Å². The maximum Gasteiger partial charge on any atom is 0.255 e. The summed E-state index contributed by atoms with van der Waals surface area (Å²) in [6.45, 7) is 0. The van der Waals surface area contributed by atoms with E-state index in [1.165, 1.54) is 0 Å². The Morgan fingerprint density at radius 2 is 1.89 bits per heavy atom. The number of nitrogen functional groups attached to an aromatic ring is 1. The summed E-state index contributed by atoms with van der Waals surface area (Å²) in [5.74, 6) is -0.230. The number of thioether (sulfide) groups is 1. The highest BCUT2D eigenvalue weighted by atomic mass is 35.5. The van der Waals surface area contributed by atoms with Crippen molar-refractivity contribution in [3.05, 3.63) is 53.1 Å². The van der Waals surface area contributed by atoms with Gasteiger partial charge in [0.1, 0.15) is 0 Å². The summed E-state index contributed by atoms with van der Waals surface area (Å²) in [5, 5.41) is 3.25. The minimum Gasteiger partial charge on any atom is -0.399 e. The van der Waals surface area contributed by atoms with E-state index in [0.29, 0.717) is 16.3 Å². The first-order valence-corrected chi connectivity index (χ1v) is 7.20. The van der Waals surface area contributed by atoms with Gasteiger partial charge in [-0.1, -0.05) is 11.6 Å². The molecule has 3 nitrogen and oxygen atoms in total. The minimum atomic E-state index is -0.230. The monoisotopic (exact) mass is 292 g/mol. The Morgan fingerprint density at radius 3 is 2.47 bits per heavy atom. The highest BCUT2D eigenvalue weighted by molar-refractivity contribution is 7.98. The zero-order chi connectivity index (χ0) is 13.8. The molecule has 0 aliphatic heterocycles. The molecule has 0 unspecified atom stereocenters. The van der Waals surface area contributed by atoms with Crippen molar-refractivity contribution in [3.8, 4) is 0 Å². The van der Waals surface area contributed by atoms with E-state index < -0.39 is 0 Å². The predicted octanol–water partition coefficient (Wildman–Crippen LogP) is 3.90. The number of amides is 1. The molecule has 98 valence electrons. The van der Waals surface area contributed by atoms with Gasteiger partial charge in [0, 0.05) is 26.9 Å². The Kier molecular flexibility index (Phi) is 4.35. The van der Waals surface area contributed by atoms with Crippen molar-refractivity contribution in [1.82, 2.24) is 0 Å². The summed E-state index contributed by atoms with van der Waals surface area (Å²) < 4.78 is 0. The second-order valence-corrected chi connectivity index (χ2v) is 5.27. The molecule has 0 heterocycles. The fourth-order valence-electron chi connectivity index (χ4n) is 1.62. The van der Waals surface area contributed by atoms with Crippen LogP contribution in [0, 0.1) is 0 Å². The lowest BCUT2D eigenvalue weighted by Crippen LogP contribution is -2.12. The van der Waals surface area contributed by atoms with E-state index in [1.54, 1.807) is 30.0 Å². The quantitative estimate of drug-likeness (QED) is 0.666. The zero-order valence-corrected chi connectivity index (χ0v) is 11.9. The SMILES string of the molecule is CSc1ccc(NC(=O)c2cc(N)cc(Cl)c2)cc1. The average Bonchev–Trinajstić information content (AvgIpc) is 2.38. The van der Waals surface area contributed by atoms with Gasteiger partial charge in [0.2, 0.25) is 0 Å². The fourth-order valence-corrected chi connectivity index (χ4v) is 2.27. The van der Waals surface area contributed by atoms with E-state index in [-0.39, 0.29) is 5.91 Å². The zero-order valence-electron chi connectivity index (χ0n) is 10.3. The van der Waals surface area contributed by atoms with Crippen molar-refractivity contribution in [3.63, 3.8) is 0 Å². The molecule has 2 rings (SSSR count). The standard InChI is InChI=1S/C14H13ClN2OS/c1-19-13-4-2-12(3-5-13)17-14(18)9-6-10(15)8-11(16)7-9/h2-8H,16H2,1H3,(H,17,18). The molecule has 0 saturated carbocycles. The van der Waals surface area contributed by atoms with Gasteiger partial charge >= 0.3 is 0 Å². The van der Waals surface area contributed by atoms with Crippen LogP contribution in [-0.4, -0.2) is 12.2 Å². The minimum absolute atomic E-state index is 0.230. The van der Waals surface area contributed by atoms with Crippen molar-refractivity contribution in [1.29, 1.82) is 0 Å². The van der Waals surface area contributed by atoms with Gasteiger partial charge < -0.3 is 11.1 Å². The first kappa shape index (κ1) is 13.8. The smallest absolute Gasteiger partial charge is 0.255 e. The van der Waals surface area contributed by atoms with Crippen LogP contribution in [0.1, 0.15) is 10.4 Å². The van der Waals surface area contributed by atoms with Gasteiger partial charge in [-0.25, -0.2) is 0 Å². The highest BCUT2D eigenvalue weighted by Crippen LogP contribution is 2.20. The van der Waals surface area contributed by atoms with Crippen LogP contribution in [0.4, 0.5) is 11.4 Å². The molecule has 19 heavy (non-hydrogen) atoms. The summed E-state index contributed by atoms with van der Waals surface area (Å²) in [7, 11) is 0. The Labute approximate surface area is 121 Å². The maximum atomic E-state index is 12.0. The molecule has 2 aromatic rings. The van der Waals surface area contributed by atoms with Crippen LogP contribution in [0.25, 0.3) is 0 Å². The van der Waals surface area contributed by atoms with Gasteiger partial charge in [0.25, 0.3) is 5.91 Å². The summed E-state index contributed by atoms with van der Waals surface area (Å²) in [5.41, 5.74) is 7.31. The number of hydrogen-bond acceptors (Lipinski definition) is 3. The molecule has 0 bridgehead atoms. The predicted molar refractivity (Wildman–Crippen MR) is 82.0 cm³/mol. The third-order valence-corrected chi connectivity index (χ3v) is 3.49. The topological polar surface area (TPSA) is 55.1 Å². The molecule has 2 aromatic carbocycles. The van der Waals surface area contributed by atoms with Crippen LogP contribution in [-0.2, 0) is 0 Å². The van der Waals surface area contributed by atoms with E-state index in [1.807, 2.05) is 30.5 Å². The Balaban J connectivity index is 2.15. The number of carbonyl (C=O) groups excluding carboxylic acids is 1.